The van der Waals surface area contributed by atoms with E-state index < -0.39 is 0 Å². The Morgan fingerprint density at radius 1 is 1.38 bits per heavy atom. The zero-order valence-corrected chi connectivity index (χ0v) is 14.9. The molecule has 1 fully saturated rings. The van der Waals surface area contributed by atoms with E-state index in [1.807, 2.05) is 43.3 Å². The predicted molar refractivity (Wildman–Crippen MR) is 95.4 cm³/mol. The third-order valence-corrected chi connectivity index (χ3v) is 5.01. The minimum absolute atomic E-state index is 0.0188. The fraction of sp³-hybridized carbons (Fsp3) is 0.278. The third kappa shape index (κ3) is 3.64. The lowest BCUT2D eigenvalue weighted by Gasteiger charge is -2.17. The third-order valence-electron chi connectivity index (χ3n) is 4.12. The van der Waals surface area contributed by atoms with Crippen LogP contribution in [0.4, 0.5) is 5.69 Å². The van der Waals surface area contributed by atoms with E-state index in [2.05, 4.69) is 26.2 Å². The van der Waals surface area contributed by atoms with Gasteiger partial charge in [0.1, 0.15) is 0 Å². The number of hydrogen-bond donors (Lipinski definition) is 1. The van der Waals surface area contributed by atoms with E-state index in [4.69, 9.17) is 0 Å². The number of hydrogen-bond acceptors (Lipinski definition) is 3. The summed E-state index contributed by atoms with van der Waals surface area (Å²) in [5, 5.41) is 2.87. The molecule has 2 amide bonds. The fourth-order valence-corrected chi connectivity index (χ4v) is 3.00. The van der Waals surface area contributed by atoms with Crippen molar-refractivity contribution in [2.24, 2.45) is 5.92 Å². The smallest absolute Gasteiger partial charge is 0.227 e. The number of carbonyl (C=O) groups is 2. The first-order valence-corrected chi connectivity index (χ1v) is 8.58. The zero-order chi connectivity index (χ0) is 17.1. The summed E-state index contributed by atoms with van der Waals surface area (Å²) in [5.74, 6) is -0.454. The highest BCUT2D eigenvalue weighted by atomic mass is 79.9. The fourth-order valence-electron chi connectivity index (χ4n) is 2.75. The molecule has 0 spiro atoms. The van der Waals surface area contributed by atoms with Crippen molar-refractivity contribution in [1.82, 2.24) is 10.3 Å². The minimum Gasteiger partial charge on any atom is -0.350 e. The number of pyridine rings is 1. The molecule has 3 rings (SSSR count). The minimum atomic E-state index is -0.329. The van der Waals surface area contributed by atoms with Crippen molar-refractivity contribution < 1.29 is 9.59 Å². The van der Waals surface area contributed by atoms with Gasteiger partial charge < -0.3 is 10.2 Å². The van der Waals surface area contributed by atoms with Crippen LogP contribution in [-0.2, 0) is 16.1 Å². The number of benzene rings is 1. The number of aromatic nitrogens is 1. The Morgan fingerprint density at radius 2 is 2.21 bits per heavy atom. The van der Waals surface area contributed by atoms with Gasteiger partial charge in [-0.1, -0.05) is 22.0 Å². The molecule has 1 unspecified atom stereocenters. The molecule has 0 saturated carbocycles. The van der Waals surface area contributed by atoms with E-state index in [0.717, 1.165) is 21.4 Å². The molecule has 1 saturated heterocycles. The van der Waals surface area contributed by atoms with E-state index in [9.17, 15) is 9.59 Å². The average molecular weight is 388 g/mol. The summed E-state index contributed by atoms with van der Waals surface area (Å²) in [6, 6.07) is 11.3. The molecule has 2 heterocycles. The number of halogens is 1. The van der Waals surface area contributed by atoms with Gasteiger partial charge in [0.15, 0.2) is 0 Å². The van der Waals surface area contributed by atoms with Crippen LogP contribution in [0.25, 0.3) is 0 Å². The lowest BCUT2D eigenvalue weighted by Crippen LogP contribution is -2.32. The van der Waals surface area contributed by atoms with Gasteiger partial charge >= 0.3 is 0 Å². The summed E-state index contributed by atoms with van der Waals surface area (Å²) >= 11 is 3.46. The monoisotopic (exact) mass is 387 g/mol. The van der Waals surface area contributed by atoms with Gasteiger partial charge in [-0.3, -0.25) is 14.6 Å². The maximum absolute atomic E-state index is 12.3. The summed E-state index contributed by atoms with van der Waals surface area (Å²) in [5.41, 5.74) is 2.69. The Bertz CT molecular complexity index is 764. The van der Waals surface area contributed by atoms with Crippen LogP contribution < -0.4 is 10.2 Å². The van der Waals surface area contributed by atoms with E-state index in [1.165, 1.54) is 0 Å². The van der Waals surface area contributed by atoms with Crippen LogP contribution in [0, 0.1) is 12.8 Å². The predicted octanol–water partition coefficient (Wildman–Crippen LogP) is 2.82. The number of anilines is 1. The van der Waals surface area contributed by atoms with Crippen molar-refractivity contribution in [2.45, 2.75) is 19.9 Å². The Balaban J connectivity index is 1.63. The second-order valence-electron chi connectivity index (χ2n) is 5.88. The molecule has 1 atom stereocenters. The summed E-state index contributed by atoms with van der Waals surface area (Å²) in [6.07, 6.45) is 1.93. The summed E-state index contributed by atoms with van der Waals surface area (Å²) in [4.78, 5) is 30.5. The SMILES string of the molecule is Cc1cc(N2CC(C(=O)NCc3ccccn3)CC2=O)ccc1Br. The van der Waals surface area contributed by atoms with Crippen molar-refractivity contribution in [3.63, 3.8) is 0 Å². The molecule has 124 valence electrons. The molecule has 1 aliphatic rings. The molecular weight excluding hydrogens is 370 g/mol. The van der Waals surface area contributed by atoms with Crippen molar-refractivity contribution >= 4 is 33.4 Å². The van der Waals surface area contributed by atoms with Gasteiger partial charge in [0, 0.05) is 29.3 Å². The largest absolute Gasteiger partial charge is 0.350 e. The first kappa shape index (κ1) is 16.6. The van der Waals surface area contributed by atoms with E-state index in [0.29, 0.717) is 13.1 Å². The lowest BCUT2D eigenvalue weighted by atomic mass is 10.1. The van der Waals surface area contributed by atoms with Crippen molar-refractivity contribution in [3.05, 3.63) is 58.3 Å². The number of nitrogens with zero attached hydrogens (tertiary/aromatic N) is 2. The number of rotatable bonds is 4. The van der Waals surface area contributed by atoms with E-state index in [1.54, 1.807) is 11.1 Å². The normalized spacial score (nSPS) is 17.2. The van der Waals surface area contributed by atoms with Gasteiger partial charge in [0.05, 0.1) is 18.2 Å². The van der Waals surface area contributed by atoms with Crippen LogP contribution >= 0.6 is 15.9 Å². The molecular formula is C18H18BrN3O2. The molecule has 1 aromatic heterocycles. The second-order valence-corrected chi connectivity index (χ2v) is 6.73. The molecule has 1 N–H and O–H groups in total. The topological polar surface area (TPSA) is 62.3 Å². The van der Waals surface area contributed by atoms with E-state index >= 15 is 0 Å². The van der Waals surface area contributed by atoms with Gasteiger partial charge in [-0.25, -0.2) is 0 Å². The van der Waals surface area contributed by atoms with Crippen molar-refractivity contribution in [3.8, 4) is 0 Å². The maximum atomic E-state index is 12.3. The number of carbonyl (C=O) groups excluding carboxylic acids is 2. The highest BCUT2D eigenvalue weighted by molar-refractivity contribution is 9.10. The van der Waals surface area contributed by atoms with Gasteiger partial charge in [-0.05, 0) is 42.8 Å². The van der Waals surface area contributed by atoms with E-state index in [-0.39, 0.29) is 24.2 Å². The highest BCUT2D eigenvalue weighted by Gasteiger charge is 2.35. The molecule has 1 aromatic carbocycles. The van der Waals surface area contributed by atoms with Crippen LogP contribution in [0.15, 0.2) is 47.1 Å². The maximum Gasteiger partial charge on any atom is 0.227 e. The van der Waals surface area contributed by atoms with Crippen LogP contribution in [0.1, 0.15) is 17.7 Å². The zero-order valence-electron chi connectivity index (χ0n) is 13.3. The van der Waals surface area contributed by atoms with Crippen molar-refractivity contribution in [1.29, 1.82) is 0 Å². The van der Waals surface area contributed by atoms with Crippen molar-refractivity contribution in [2.75, 3.05) is 11.4 Å². The summed E-state index contributed by atoms with van der Waals surface area (Å²) in [7, 11) is 0. The number of aryl methyl sites for hydroxylation is 1. The molecule has 1 aliphatic heterocycles. The lowest BCUT2D eigenvalue weighted by molar-refractivity contribution is -0.126. The molecule has 5 nitrogen and oxygen atoms in total. The summed E-state index contributed by atoms with van der Waals surface area (Å²) in [6.45, 7) is 2.76. The Kier molecular flexibility index (Phi) is 4.94. The Morgan fingerprint density at radius 3 is 2.92 bits per heavy atom. The van der Waals surface area contributed by atoms with Gasteiger partial charge in [0.25, 0.3) is 0 Å². The Labute approximate surface area is 149 Å². The quantitative estimate of drug-likeness (QED) is 0.876. The molecule has 0 bridgehead atoms. The first-order chi connectivity index (χ1) is 11.5. The first-order valence-electron chi connectivity index (χ1n) is 7.79. The van der Waals surface area contributed by atoms with Gasteiger partial charge in [-0.15, -0.1) is 0 Å². The molecule has 6 heteroatoms. The average Bonchev–Trinajstić information content (AvgIpc) is 2.98. The van der Waals surface area contributed by atoms with Gasteiger partial charge in [-0.2, -0.15) is 0 Å². The Hall–Kier alpha value is -2.21. The van der Waals surface area contributed by atoms with Crippen LogP contribution in [0.5, 0.6) is 0 Å². The van der Waals surface area contributed by atoms with Crippen LogP contribution in [0.3, 0.4) is 0 Å². The second kappa shape index (κ2) is 7.13. The molecule has 2 aromatic rings. The number of nitrogens with one attached hydrogen (secondary N) is 1. The molecule has 0 aliphatic carbocycles. The standard InChI is InChI=1S/C18H18BrN3O2/c1-12-8-15(5-6-16(12)19)22-11-13(9-17(22)23)18(24)21-10-14-4-2-3-7-20-14/h2-8,13H,9-11H2,1H3,(H,21,24). The molecule has 0 radical (unpaired) electrons. The van der Waals surface area contributed by atoms with Crippen LogP contribution in [0.2, 0.25) is 0 Å². The van der Waals surface area contributed by atoms with Crippen LogP contribution in [-0.4, -0.2) is 23.3 Å². The highest BCUT2D eigenvalue weighted by Crippen LogP contribution is 2.28. The summed E-state index contributed by atoms with van der Waals surface area (Å²) < 4.78 is 1.00. The molecule has 24 heavy (non-hydrogen) atoms. The van der Waals surface area contributed by atoms with Gasteiger partial charge in [0.2, 0.25) is 11.8 Å². The number of amides is 2.